The largest absolute Gasteiger partial charge is 0.325 e. The molecule has 3 aromatic rings. The van der Waals surface area contributed by atoms with Crippen LogP contribution in [-0.4, -0.2) is 22.8 Å². The van der Waals surface area contributed by atoms with Gasteiger partial charge in [-0.05, 0) is 74.9 Å². The normalized spacial score (nSPS) is 11.5. The van der Waals surface area contributed by atoms with E-state index in [0.29, 0.717) is 28.9 Å². The van der Waals surface area contributed by atoms with Crippen LogP contribution in [-0.2, 0) is 4.79 Å². The smallest absolute Gasteiger partial charge is 0.255 e. The number of nitrogens with one attached hydrogen (secondary N) is 2. The minimum Gasteiger partial charge on any atom is -0.325 e. The molecule has 0 aliphatic carbocycles. The number of thioether (sulfide) groups is 1. The van der Waals surface area contributed by atoms with Crippen molar-refractivity contribution in [3.05, 3.63) is 89.5 Å². The van der Waals surface area contributed by atoms with Gasteiger partial charge in [-0.1, -0.05) is 30.7 Å². The molecule has 5 nitrogen and oxygen atoms in total. The first-order valence-electron chi connectivity index (χ1n) is 10.4. The monoisotopic (exact) mass is 446 g/mol. The molecular formula is C26H26N2O3S. The van der Waals surface area contributed by atoms with Gasteiger partial charge in [0.1, 0.15) is 0 Å². The van der Waals surface area contributed by atoms with E-state index < -0.39 is 0 Å². The third-order valence-corrected chi connectivity index (χ3v) is 6.26. The lowest BCUT2D eigenvalue weighted by molar-refractivity contribution is -0.115. The molecule has 0 fully saturated rings. The van der Waals surface area contributed by atoms with Crippen LogP contribution in [0, 0.1) is 6.92 Å². The Morgan fingerprint density at radius 1 is 0.844 bits per heavy atom. The van der Waals surface area contributed by atoms with Gasteiger partial charge in [0.25, 0.3) is 5.91 Å². The van der Waals surface area contributed by atoms with E-state index in [9.17, 15) is 14.4 Å². The van der Waals surface area contributed by atoms with Gasteiger partial charge in [0, 0.05) is 27.4 Å². The molecule has 1 atom stereocenters. The fourth-order valence-corrected chi connectivity index (χ4v) is 4.07. The van der Waals surface area contributed by atoms with E-state index in [2.05, 4.69) is 10.6 Å². The maximum atomic E-state index is 12.8. The lowest BCUT2D eigenvalue weighted by atomic mass is 10.1. The zero-order valence-electron chi connectivity index (χ0n) is 18.3. The molecule has 6 heteroatoms. The fourth-order valence-electron chi connectivity index (χ4n) is 3.05. The van der Waals surface area contributed by atoms with Crippen LogP contribution in [0.25, 0.3) is 0 Å². The Bertz CT molecular complexity index is 1110. The van der Waals surface area contributed by atoms with Gasteiger partial charge in [-0.3, -0.25) is 14.4 Å². The van der Waals surface area contributed by atoms with E-state index in [4.69, 9.17) is 0 Å². The van der Waals surface area contributed by atoms with Crippen LogP contribution in [0.5, 0.6) is 0 Å². The molecule has 0 saturated heterocycles. The summed E-state index contributed by atoms with van der Waals surface area (Å²) < 4.78 is 0. The van der Waals surface area contributed by atoms with Crippen molar-refractivity contribution in [2.45, 2.75) is 37.3 Å². The molecule has 0 saturated carbocycles. The average molecular weight is 447 g/mol. The number of Topliss-reactive ketones (excluding diaryl/α,β-unsaturated/α-hetero) is 1. The number of anilines is 2. The molecule has 1 unspecified atom stereocenters. The number of carbonyl (C=O) groups is 3. The van der Waals surface area contributed by atoms with E-state index in [1.807, 2.05) is 50.2 Å². The summed E-state index contributed by atoms with van der Waals surface area (Å²) in [5.41, 5.74) is 3.62. The van der Waals surface area contributed by atoms with Crippen LogP contribution in [0.4, 0.5) is 11.4 Å². The standard InChI is InChI=1S/C26H26N2O3S/c1-4-24(26(31)27-21-14-12-19(13-15-21)18(3)29)32-23-7-5-6-22(16-23)28-25(30)20-10-8-17(2)9-11-20/h5-16,24H,4H2,1-3H3,(H,27,31)(H,28,30). The number of hydrogen-bond acceptors (Lipinski definition) is 4. The molecule has 2 amide bonds. The van der Waals surface area contributed by atoms with Crippen molar-refractivity contribution >= 4 is 40.7 Å². The van der Waals surface area contributed by atoms with Crippen molar-refractivity contribution in [3.63, 3.8) is 0 Å². The third-order valence-electron chi connectivity index (χ3n) is 4.91. The molecule has 2 N–H and O–H groups in total. The molecule has 0 aliphatic rings. The molecular weight excluding hydrogens is 420 g/mol. The number of hydrogen-bond donors (Lipinski definition) is 2. The van der Waals surface area contributed by atoms with Crippen LogP contribution in [0.15, 0.2) is 77.7 Å². The Balaban J connectivity index is 1.64. The fraction of sp³-hybridized carbons (Fsp3) is 0.192. The highest BCUT2D eigenvalue weighted by atomic mass is 32.2. The summed E-state index contributed by atoms with van der Waals surface area (Å²) >= 11 is 1.45. The number of benzene rings is 3. The van der Waals surface area contributed by atoms with Crippen molar-refractivity contribution in [2.24, 2.45) is 0 Å². The lowest BCUT2D eigenvalue weighted by Crippen LogP contribution is -2.24. The van der Waals surface area contributed by atoms with Crippen LogP contribution < -0.4 is 10.6 Å². The second-order valence-corrected chi connectivity index (χ2v) is 8.76. The van der Waals surface area contributed by atoms with Gasteiger partial charge in [0.15, 0.2) is 5.78 Å². The van der Waals surface area contributed by atoms with E-state index >= 15 is 0 Å². The maximum absolute atomic E-state index is 12.8. The van der Waals surface area contributed by atoms with Crippen molar-refractivity contribution in [1.82, 2.24) is 0 Å². The highest BCUT2D eigenvalue weighted by Gasteiger charge is 2.18. The van der Waals surface area contributed by atoms with Crippen LogP contribution >= 0.6 is 11.8 Å². The Hall–Kier alpha value is -3.38. The average Bonchev–Trinajstić information content (AvgIpc) is 2.78. The molecule has 3 rings (SSSR count). The molecule has 3 aromatic carbocycles. The second-order valence-electron chi connectivity index (χ2n) is 7.49. The lowest BCUT2D eigenvalue weighted by Gasteiger charge is -2.15. The summed E-state index contributed by atoms with van der Waals surface area (Å²) in [6.07, 6.45) is 0.641. The van der Waals surface area contributed by atoms with E-state index in [1.165, 1.54) is 18.7 Å². The zero-order chi connectivity index (χ0) is 23.1. The van der Waals surface area contributed by atoms with E-state index in [-0.39, 0.29) is 22.8 Å². The van der Waals surface area contributed by atoms with Gasteiger partial charge in [0.05, 0.1) is 5.25 Å². The summed E-state index contributed by atoms with van der Waals surface area (Å²) in [5.74, 6) is -0.299. The Morgan fingerprint density at radius 2 is 1.50 bits per heavy atom. The topological polar surface area (TPSA) is 75.3 Å². The van der Waals surface area contributed by atoms with Gasteiger partial charge in [-0.25, -0.2) is 0 Å². The first kappa shape index (κ1) is 23.3. The highest BCUT2D eigenvalue weighted by molar-refractivity contribution is 8.00. The summed E-state index contributed by atoms with van der Waals surface area (Å²) in [4.78, 5) is 37.6. The highest BCUT2D eigenvalue weighted by Crippen LogP contribution is 2.29. The van der Waals surface area contributed by atoms with Gasteiger partial charge in [0.2, 0.25) is 5.91 Å². The Morgan fingerprint density at radius 3 is 2.12 bits per heavy atom. The SMILES string of the molecule is CCC(Sc1cccc(NC(=O)c2ccc(C)cc2)c1)C(=O)Nc1ccc(C(C)=O)cc1. The second kappa shape index (κ2) is 10.8. The Labute approximate surface area is 192 Å². The summed E-state index contributed by atoms with van der Waals surface area (Å²) in [7, 11) is 0. The van der Waals surface area contributed by atoms with E-state index in [0.717, 1.165) is 10.5 Å². The molecule has 0 aliphatic heterocycles. The molecule has 0 radical (unpaired) electrons. The van der Waals surface area contributed by atoms with Crippen molar-refractivity contribution < 1.29 is 14.4 Å². The predicted octanol–water partition coefficient (Wildman–Crippen LogP) is 5.96. The Kier molecular flexibility index (Phi) is 7.84. The van der Waals surface area contributed by atoms with Gasteiger partial charge >= 0.3 is 0 Å². The minimum atomic E-state index is -0.300. The molecule has 0 bridgehead atoms. The summed E-state index contributed by atoms with van der Waals surface area (Å²) in [6, 6.07) is 21.7. The number of ketones is 1. The number of rotatable bonds is 8. The van der Waals surface area contributed by atoms with Gasteiger partial charge < -0.3 is 10.6 Å². The van der Waals surface area contributed by atoms with Gasteiger partial charge in [-0.15, -0.1) is 11.8 Å². The van der Waals surface area contributed by atoms with Crippen molar-refractivity contribution in [3.8, 4) is 0 Å². The molecule has 164 valence electrons. The number of carbonyl (C=O) groups excluding carboxylic acids is 3. The predicted molar refractivity (Wildman–Crippen MR) is 131 cm³/mol. The number of amides is 2. The van der Waals surface area contributed by atoms with Gasteiger partial charge in [-0.2, -0.15) is 0 Å². The molecule has 0 aromatic heterocycles. The maximum Gasteiger partial charge on any atom is 0.255 e. The molecule has 0 spiro atoms. The third kappa shape index (κ3) is 6.31. The van der Waals surface area contributed by atoms with Crippen molar-refractivity contribution in [2.75, 3.05) is 10.6 Å². The summed E-state index contributed by atoms with van der Waals surface area (Å²) in [5, 5.41) is 5.52. The van der Waals surface area contributed by atoms with Crippen LogP contribution in [0.2, 0.25) is 0 Å². The van der Waals surface area contributed by atoms with Crippen LogP contribution in [0.3, 0.4) is 0 Å². The first-order valence-corrected chi connectivity index (χ1v) is 11.3. The first-order chi connectivity index (χ1) is 15.4. The minimum absolute atomic E-state index is 0.0146. The molecule has 0 heterocycles. The van der Waals surface area contributed by atoms with Crippen molar-refractivity contribution in [1.29, 1.82) is 0 Å². The quantitative estimate of drug-likeness (QED) is 0.331. The summed E-state index contributed by atoms with van der Waals surface area (Å²) in [6.45, 7) is 5.44. The zero-order valence-corrected chi connectivity index (χ0v) is 19.2. The van der Waals surface area contributed by atoms with E-state index in [1.54, 1.807) is 36.4 Å². The number of aryl methyl sites for hydroxylation is 1. The molecule has 32 heavy (non-hydrogen) atoms. The van der Waals surface area contributed by atoms with Crippen LogP contribution in [0.1, 0.15) is 46.5 Å².